The number of aryl methyl sites for hydroxylation is 1. The Labute approximate surface area is 127 Å². The minimum atomic E-state index is 0.0560. The van der Waals surface area contributed by atoms with Crippen molar-refractivity contribution in [3.05, 3.63) is 59.8 Å². The first kappa shape index (κ1) is 15.4. The summed E-state index contributed by atoms with van der Waals surface area (Å²) in [7, 11) is 0. The Morgan fingerprint density at radius 3 is 2.76 bits per heavy atom. The van der Waals surface area contributed by atoms with Crippen molar-refractivity contribution in [2.24, 2.45) is 10.9 Å². The van der Waals surface area contributed by atoms with Crippen LogP contribution in [0.2, 0.25) is 0 Å². The van der Waals surface area contributed by atoms with Crippen LogP contribution in [-0.2, 0) is 11.2 Å². The Bertz CT molecular complexity index is 551. The number of carbonyl (C=O) groups excluding carboxylic acids is 1. The summed E-state index contributed by atoms with van der Waals surface area (Å²) in [5, 5.41) is 0. The number of hydrogen-bond acceptors (Lipinski definition) is 2. The van der Waals surface area contributed by atoms with Crippen molar-refractivity contribution in [2.75, 3.05) is 0 Å². The fourth-order valence-corrected chi connectivity index (χ4v) is 2.56. The summed E-state index contributed by atoms with van der Waals surface area (Å²) in [6.07, 6.45) is 9.85. The van der Waals surface area contributed by atoms with Gasteiger partial charge in [0.25, 0.3) is 0 Å². The highest BCUT2D eigenvalue weighted by molar-refractivity contribution is 5.83. The molecule has 1 unspecified atom stereocenters. The Morgan fingerprint density at radius 2 is 2.14 bits per heavy atom. The number of nitrogens with zero attached hydrogens (tertiary/aromatic N) is 1. The van der Waals surface area contributed by atoms with Crippen molar-refractivity contribution < 1.29 is 4.79 Å². The van der Waals surface area contributed by atoms with E-state index in [1.54, 1.807) is 0 Å². The van der Waals surface area contributed by atoms with Gasteiger partial charge in [-0.15, -0.1) is 6.58 Å². The SMILES string of the molecule is C=CCC(CCC1=CCC=N1)C(=O)Cc1ccc(C)cc1. The number of allylic oxidation sites excluding steroid dienone is 3. The zero-order valence-corrected chi connectivity index (χ0v) is 12.7. The molecule has 1 heterocycles. The van der Waals surface area contributed by atoms with Crippen molar-refractivity contribution >= 4 is 12.0 Å². The number of rotatable bonds is 8. The maximum atomic E-state index is 12.5. The van der Waals surface area contributed by atoms with E-state index in [2.05, 4.69) is 36.7 Å². The van der Waals surface area contributed by atoms with Gasteiger partial charge in [0.2, 0.25) is 0 Å². The van der Waals surface area contributed by atoms with Gasteiger partial charge in [-0.3, -0.25) is 9.79 Å². The second-order valence-electron chi connectivity index (χ2n) is 5.63. The van der Waals surface area contributed by atoms with E-state index in [0.29, 0.717) is 12.2 Å². The van der Waals surface area contributed by atoms with Crippen LogP contribution in [-0.4, -0.2) is 12.0 Å². The Morgan fingerprint density at radius 1 is 1.38 bits per heavy atom. The summed E-state index contributed by atoms with van der Waals surface area (Å²) in [5.74, 6) is 0.363. The first-order valence-corrected chi connectivity index (χ1v) is 7.59. The number of aliphatic imine (C=N–C) groups is 1. The number of carbonyl (C=O) groups is 1. The third-order valence-corrected chi connectivity index (χ3v) is 3.87. The van der Waals surface area contributed by atoms with Gasteiger partial charge < -0.3 is 0 Å². The highest BCUT2D eigenvalue weighted by Crippen LogP contribution is 2.21. The molecule has 0 saturated carbocycles. The van der Waals surface area contributed by atoms with Crippen molar-refractivity contribution in [3.8, 4) is 0 Å². The van der Waals surface area contributed by atoms with E-state index in [1.807, 2.05) is 24.4 Å². The molecule has 1 aliphatic rings. The molecule has 2 nitrogen and oxygen atoms in total. The lowest BCUT2D eigenvalue weighted by atomic mass is 9.90. The van der Waals surface area contributed by atoms with Gasteiger partial charge in [-0.25, -0.2) is 0 Å². The van der Waals surface area contributed by atoms with Crippen LogP contribution in [0.4, 0.5) is 0 Å². The molecule has 0 radical (unpaired) electrons. The largest absolute Gasteiger partial charge is 0.299 e. The highest BCUT2D eigenvalue weighted by Gasteiger charge is 2.18. The molecule has 0 aromatic heterocycles. The predicted octanol–water partition coefficient (Wildman–Crippen LogP) is 4.44. The molecule has 0 N–H and O–H groups in total. The fraction of sp³-hybridized carbons (Fsp3) is 0.368. The summed E-state index contributed by atoms with van der Waals surface area (Å²) in [5.41, 5.74) is 3.44. The summed E-state index contributed by atoms with van der Waals surface area (Å²) in [6.45, 7) is 5.84. The molecule has 1 aromatic rings. The molecule has 0 aliphatic carbocycles. The van der Waals surface area contributed by atoms with Crippen LogP contribution in [0.3, 0.4) is 0 Å². The Balaban J connectivity index is 1.92. The lowest BCUT2D eigenvalue weighted by Gasteiger charge is -2.14. The van der Waals surface area contributed by atoms with Crippen LogP contribution in [0, 0.1) is 12.8 Å². The monoisotopic (exact) mass is 281 g/mol. The second kappa shape index (κ2) is 7.72. The quantitative estimate of drug-likeness (QED) is 0.648. The topological polar surface area (TPSA) is 29.4 Å². The van der Waals surface area contributed by atoms with Gasteiger partial charge in [-0.2, -0.15) is 0 Å². The van der Waals surface area contributed by atoms with Gasteiger partial charge in [0.15, 0.2) is 0 Å². The van der Waals surface area contributed by atoms with Crippen molar-refractivity contribution in [2.45, 2.75) is 39.0 Å². The van der Waals surface area contributed by atoms with Gasteiger partial charge in [0.05, 0.1) is 0 Å². The average Bonchev–Trinajstić information content (AvgIpc) is 2.99. The third kappa shape index (κ3) is 4.82. The number of benzene rings is 1. The smallest absolute Gasteiger partial charge is 0.140 e. The normalized spacial score (nSPS) is 14.8. The zero-order valence-electron chi connectivity index (χ0n) is 12.7. The minimum Gasteiger partial charge on any atom is -0.299 e. The average molecular weight is 281 g/mol. The summed E-state index contributed by atoms with van der Waals surface area (Å²) < 4.78 is 0. The zero-order chi connectivity index (χ0) is 15.1. The van der Waals surface area contributed by atoms with Gasteiger partial charge >= 0.3 is 0 Å². The molecular weight excluding hydrogens is 258 g/mol. The molecule has 1 aliphatic heterocycles. The first-order chi connectivity index (χ1) is 10.2. The lowest BCUT2D eigenvalue weighted by molar-refractivity contribution is -0.122. The molecule has 1 aromatic carbocycles. The van der Waals surface area contributed by atoms with Crippen LogP contribution < -0.4 is 0 Å². The van der Waals surface area contributed by atoms with Crippen LogP contribution in [0.1, 0.15) is 36.8 Å². The molecule has 0 fully saturated rings. The molecule has 21 heavy (non-hydrogen) atoms. The highest BCUT2D eigenvalue weighted by atomic mass is 16.1. The maximum Gasteiger partial charge on any atom is 0.140 e. The van der Waals surface area contributed by atoms with Crippen LogP contribution in [0.25, 0.3) is 0 Å². The Kier molecular flexibility index (Phi) is 5.68. The summed E-state index contributed by atoms with van der Waals surface area (Å²) in [4.78, 5) is 16.8. The van der Waals surface area contributed by atoms with Crippen LogP contribution in [0.5, 0.6) is 0 Å². The van der Waals surface area contributed by atoms with Gasteiger partial charge in [0, 0.05) is 30.7 Å². The van der Waals surface area contributed by atoms with Crippen molar-refractivity contribution in [1.82, 2.24) is 0 Å². The van der Waals surface area contributed by atoms with Crippen molar-refractivity contribution in [1.29, 1.82) is 0 Å². The van der Waals surface area contributed by atoms with E-state index >= 15 is 0 Å². The molecule has 0 amide bonds. The molecule has 110 valence electrons. The van der Waals surface area contributed by atoms with E-state index in [0.717, 1.165) is 36.9 Å². The van der Waals surface area contributed by atoms with E-state index in [1.165, 1.54) is 5.56 Å². The first-order valence-electron chi connectivity index (χ1n) is 7.59. The fourth-order valence-electron chi connectivity index (χ4n) is 2.56. The second-order valence-corrected chi connectivity index (χ2v) is 5.63. The third-order valence-electron chi connectivity index (χ3n) is 3.87. The molecular formula is C19H23NO. The number of Topliss-reactive ketones (excluding diaryl/α,β-unsaturated/α-hetero) is 1. The van der Waals surface area contributed by atoms with Gasteiger partial charge in [0.1, 0.15) is 5.78 Å². The van der Waals surface area contributed by atoms with Crippen LogP contribution >= 0.6 is 0 Å². The predicted molar refractivity (Wildman–Crippen MR) is 88.6 cm³/mol. The number of hydrogen-bond donors (Lipinski definition) is 0. The van der Waals surface area contributed by atoms with E-state index in [4.69, 9.17) is 0 Å². The maximum absolute atomic E-state index is 12.5. The standard InChI is InChI=1S/C19H23NO/c1-3-5-17(11-12-18-6-4-13-20-18)19(21)14-16-9-7-15(2)8-10-16/h3,6-10,13,17H,1,4-5,11-12,14H2,2H3. The molecule has 2 heteroatoms. The van der Waals surface area contributed by atoms with E-state index in [-0.39, 0.29) is 5.92 Å². The summed E-state index contributed by atoms with van der Waals surface area (Å²) in [6, 6.07) is 8.20. The molecule has 0 bridgehead atoms. The number of ketones is 1. The molecule has 0 spiro atoms. The Hall–Kier alpha value is -1.96. The molecule has 1 atom stereocenters. The van der Waals surface area contributed by atoms with Gasteiger partial charge in [-0.05, 0) is 31.7 Å². The van der Waals surface area contributed by atoms with Crippen LogP contribution in [0.15, 0.2) is 53.7 Å². The van der Waals surface area contributed by atoms with E-state index in [9.17, 15) is 4.79 Å². The van der Waals surface area contributed by atoms with Gasteiger partial charge in [-0.1, -0.05) is 42.0 Å². The van der Waals surface area contributed by atoms with Crippen molar-refractivity contribution in [3.63, 3.8) is 0 Å². The lowest BCUT2D eigenvalue weighted by Crippen LogP contribution is -2.16. The summed E-state index contributed by atoms with van der Waals surface area (Å²) >= 11 is 0. The minimum absolute atomic E-state index is 0.0560. The molecule has 0 saturated heterocycles. The van der Waals surface area contributed by atoms with E-state index < -0.39 is 0 Å². The molecule has 2 rings (SSSR count).